The lowest BCUT2D eigenvalue weighted by atomic mass is 10.2. The van der Waals surface area contributed by atoms with Crippen LogP contribution in [-0.2, 0) is 0 Å². The van der Waals surface area contributed by atoms with Crippen LogP contribution in [0.4, 0.5) is 10.1 Å². The molecule has 1 aromatic heterocycles. The minimum absolute atomic E-state index is 0.0580. The van der Waals surface area contributed by atoms with Crippen molar-refractivity contribution in [2.45, 2.75) is 13.0 Å². The lowest BCUT2D eigenvalue weighted by molar-refractivity contribution is -0.385. The van der Waals surface area contributed by atoms with Gasteiger partial charge in [-0.3, -0.25) is 10.1 Å². The maximum absolute atomic E-state index is 13.6. The minimum atomic E-state index is -0.822. The normalized spacial score (nSPS) is 11.9. The number of nitro groups is 1. The number of hydrogen-bond acceptors (Lipinski definition) is 5. The van der Waals surface area contributed by atoms with E-state index in [1.54, 1.807) is 13.0 Å². The van der Waals surface area contributed by atoms with Crippen molar-refractivity contribution in [1.29, 1.82) is 0 Å². The minimum Gasteiger partial charge on any atom is -0.429 e. The molecule has 1 aromatic carbocycles. The van der Waals surface area contributed by atoms with E-state index in [9.17, 15) is 14.5 Å². The van der Waals surface area contributed by atoms with Gasteiger partial charge in [-0.15, -0.1) is 0 Å². The van der Waals surface area contributed by atoms with Crippen molar-refractivity contribution in [2.75, 3.05) is 0 Å². The summed E-state index contributed by atoms with van der Waals surface area (Å²) in [5.74, 6) is -1.22. The highest BCUT2D eigenvalue weighted by molar-refractivity contribution is 5.48. The molecule has 2 aromatic rings. The average Bonchev–Trinajstić information content (AvgIpc) is 2.41. The van der Waals surface area contributed by atoms with Gasteiger partial charge >= 0.3 is 5.69 Å². The van der Waals surface area contributed by atoms with Crippen LogP contribution in [-0.4, -0.2) is 9.91 Å². The van der Waals surface area contributed by atoms with Crippen LogP contribution in [0.25, 0.3) is 0 Å². The molecule has 0 radical (unpaired) electrons. The first-order chi connectivity index (χ1) is 9.49. The fraction of sp³-hybridized carbons (Fsp3) is 0.154. The smallest absolute Gasteiger partial charge is 0.314 e. The molecule has 2 N–H and O–H groups in total. The van der Waals surface area contributed by atoms with Crippen molar-refractivity contribution in [1.82, 2.24) is 4.98 Å². The number of nitrogens with zero attached hydrogens (tertiary/aromatic N) is 2. The SMILES string of the molecule is CC(N)c1ccc(Oc2c(F)cccc2[N+](=O)[O-])nc1. The number of pyridine rings is 1. The Morgan fingerprint density at radius 2 is 2.15 bits per heavy atom. The molecule has 0 fully saturated rings. The van der Waals surface area contributed by atoms with E-state index < -0.39 is 22.2 Å². The summed E-state index contributed by atoms with van der Waals surface area (Å²) >= 11 is 0. The molecule has 6 nitrogen and oxygen atoms in total. The summed E-state index contributed by atoms with van der Waals surface area (Å²) in [6, 6.07) is 6.44. The van der Waals surface area contributed by atoms with Crippen molar-refractivity contribution in [3.8, 4) is 11.6 Å². The molecule has 20 heavy (non-hydrogen) atoms. The summed E-state index contributed by atoms with van der Waals surface area (Å²) in [6.45, 7) is 1.79. The van der Waals surface area contributed by atoms with Gasteiger partial charge in [0.15, 0.2) is 5.82 Å². The highest BCUT2D eigenvalue weighted by Gasteiger charge is 2.20. The van der Waals surface area contributed by atoms with Gasteiger partial charge in [-0.05, 0) is 18.6 Å². The van der Waals surface area contributed by atoms with Gasteiger partial charge in [0, 0.05) is 24.4 Å². The second kappa shape index (κ2) is 5.62. The van der Waals surface area contributed by atoms with Gasteiger partial charge in [-0.25, -0.2) is 9.37 Å². The molecule has 2 rings (SSSR count). The van der Waals surface area contributed by atoms with Crippen molar-refractivity contribution in [3.63, 3.8) is 0 Å². The second-order valence-electron chi connectivity index (χ2n) is 4.17. The zero-order chi connectivity index (χ0) is 14.7. The van der Waals surface area contributed by atoms with Crippen LogP contribution in [0.1, 0.15) is 18.5 Å². The topological polar surface area (TPSA) is 91.3 Å². The Bertz CT molecular complexity index is 629. The van der Waals surface area contributed by atoms with Gasteiger partial charge in [0.1, 0.15) is 0 Å². The summed E-state index contributed by atoms with van der Waals surface area (Å²) in [4.78, 5) is 14.1. The molecule has 0 amide bonds. The monoisotopic (exact) mass is 277 g/mol. The number of aromatic nitrogens is 1. The van der Waals surface area contributed by atoms with Crippen LogP contribution in [0.5, 0.6) is 11.6 Å². The maximum atomic E-state index is 13.6. The lowest BCUT2D eigenvalue weighted by Gasteiger charge is -2.08. The average molecular weight is 277 g/mol. The van der Waals surface area contributed by atoms with Crippen molar-refractivity contribution in [3.05, 3.63) is 58.0 Å². The quantitative estimate of drug-likeness (QED) is 0.685. The van der Waals surface area contributed by atoms with E-state index in [4.69, 9.17) is 10.5 Å². The van der Waals surface area contributed by atoms with Gasteiger partial charge in [-0.1, -0.05) is 12.1 Å². The number of nitrogens with two attached hydrogens (primary N) is 1. The largest absolute Gasteiger partial charge is 0.429 e. The molecule has 1 atom stereocenters. The van der Waals surface area contributed by atoms with Gasteiger partial charge in [0.05, 0.1) is 4.92 Å². The highest BCUT2D eigenvalue weighted by Crippen LogP contribution is 2.33. The van der Waals surface area contributed by atoms with E-state index in [1.165, 1.54) is 18.3 Å². The Kier molecular flexibility index (Phi) is 3.90. The lowest BCUT2D eigenvalue weighted by Crippen LogP contribution is -2.05. The number of para-hydroxylation sites is 1. The Hall–Kier alpha value is -2.54. The van der Waals surface area contributed by atoms with Crippen molar-refractivity contribution in [2.24, 2.45) is 5.73 Å². The molecule has 0 spiro atoms. The van der Waals surface area contributed by atoms with E-state index in [1.807, 2.05) is 0 Å². The van der Waals surface area contributed by atoms with Crippen LogP contribution < -0.4 is 10.5 Å². The molecule has 0 aliphatic carbocycles. The summed E-state index contributed by atoms with van der Waals surface area (Å²) < 4.78 is 18.8. The van der Waals surface area contributed by atoms with Crippen LogP contribution in [0.3, 0.4) is 0 Å². The third-order valence-electron chi connectivity index (χ3n) is 2.63. The number of hydrogen-bond donors (Lipinski definition) is 1. The maximum Gasteiger partial charge on any atom is 0.314 e. The van der Waals surface area contributed by atoms with E-state index in [0.717, 1.165) is 17.7 Å². The van der Waals surface area contributed by atoms with E-state index in [2.05, 4.69) is 4.98 Å². The molecule has 0 aliphatic heterocycles. The molecular formula is C13H12FN3O3. The van der Waals surface area contributed by atoms with Crippen molar-refractivity contribution >= 4 is 5.69 Å². The summed E-state index contributed by atoms with van der Waals surface area (Å²) in [5, 5.41) is 10.8. The van der Waals surface area contributed by atoms with E-state index >= 15 is 0 Å². The fourth-order valence-corrected chi connectivity index (χ4v) is 1.57. The standard InChI is InChI=1S/C13H12FN3O3/c1-8(15)9-5-6-12(16-7-9)20-13-10(14)3-2-4-11(13)17(18)19/h2-8H,15H2,1H3. The van der Waals surface area contributed by atoms with Gasteiger partial charge < -0.3 is 10.5 Å². The molecule has 7 heteroatoms. The number of nitro benzene ring substituents is 1. The molecule has 0 saturated carbocycles. The zero-order valence-corrected chi connectivity index (χ0v) is 10.6. The molecule has 0 saturated heterocycles. The number of ether oxygens (including phenoxy) is 1. The second-order valence-corrected chi connectivity index (χ2v) is 4.17. The molecule has 1 heterocycles. The molecule has 0 bridgehead atoms. The third kappa shape index (κ3) is 2.89. The Morgan fingerprint density at radius 1 is 1.40 bits per heavy atom. The van der Waals surface area contributed by atoms with Crippen LogP contribution in [0, 0.1) is 15.9 Å². The van der Waals surface area contributed by atoms with Gasteiger partial charge in [0.2, 0.25) is 11.6 Å². The molecule has 0 aliphatic rings. The molecular weight excluding hydrogens is 265 g/mol. The third-order valence-corrected chi connectivity index (χ3v) is 2.63. The fourth-order valence-electron chi connectivity index (χ4n) is 1.57. The molecule has 1 unspecified atom stereocenters. The van der Waals surface area contributed by atoms with Crippen LogP contribution in [0.15, 0.2) is 36.5 Å². The van der Waals surface area contributed by atoms with Crippen LogP contribution in [0.2, 0.25) is 0 Å². The highest BCUT2D eigenvalue weighted by atomic mass is 19.1. The molecule has 104 valence electrons. The van der Waals surface area contributed by atoms with Crippen molar-refractivity contribution < 1.29 is 14.1 Å². The number of halogens is 1. The first kappa shape index (κ1) is 13.9. The Morgan fingerprint density at radius 3 is 2.70 bits per heavy atom. The van der Waals surface area contributed by atoms with Gasteiger partial charge in [0.25, 0.3) is 0 Å². The predicted octanol–water partition coefficient (Wildman–Crippen LogP) is 2.94. The zero-order valence-electron chi connectivity index (χ0n) is 10.6. The summed E-state index contributed by atoms with van der Waals surface area (Å²) in [7, 11) is 0. The van der Waals surface area contributed by atoms with Gasteiger partial charge in [-0.2, -0.15) is 0 Å². The first-order valence-electron chi connectivity index (χ1n) is 5.81. The Labute approximate surface area is 114 Å². The Balaban J connectivity index is 2.32. The first-order valence-corrected chi connectivity index (χ1v) is 5.81. The summed E-state index contributed by atoms with van der Waals surface area (Å²) in [6.07, 6.45) is 1.48. The predicted molar refractivity (Wildman–Crippen MR) is 70.0 cm³/mol. The number of rotatable bonds is 4. The van der Waals surface area contributed by atoms with Crippen LogP contribution >= 0.6 is 0 Å². The summed E-state index contributed by atoms with van der Waals surface area (Å²) in [5.41, 5.74) is 6.00. The number of benzene rings is 1. The van der Waals surface area contributed by atoms with E-state index in [0.29, 0.717) is 0 Å². The van der Waals surface area contributed by atoms with E-state index in [-0.39, 0.29) is 11.9 Å².